The predicted octanol–water partition coefficient (Wildman–Crippen LogP) is -0.454. The van der Waals surface area contributed by atoms with Crippen LogP contribution in [0.15, 0.2) is 0 Å². The molecule has 0 amide bonds. The average Bonchev–Trinajstić information content (AvgIpc) is 2.03. The van der Waals surface area contributed by atoms with E-state index in [9.17, 15) is 4.79 Å². The zero-order valence-corrected chi connectivity index (χ0v) is 8.40. The Balaban J connectivity index is 3.50. The molecule has 0 aromatic carbocycles. The molecule has 0 spiro atoms. The molecule has 0 bridgehead atoms. The summed E-state index contributed by atoms with van der Waals surface area (Å²) in [6, 6.07) is -0.615. The minimum atomic E-state index is -0.901. The van der Waals surface area contributed by atoms with Gasteiger partial charge in [0.15, 0.2) is 0 Å². The van der Waals surface area contributed by atoms with Crippen molar-refractivity contribution in [1.29, 1.82) is 5.41 Å². The first-order valence-corrected chi connectivity index (χ1v) is 4.57. The number of hydrogen-bond acceptors (Lipinski definition) is 4. The summed E-state index contributed by atoms with van der Waals surface area (Å²) in [6.45, 7) is 2.69. The van der Waals surface area contributed by atoms with Gasteiger partial charge in [0.05, 0.1) is 5.84 Å². The molecule has 0 unspecified atom stereocenters. The van der Waals surface area contributed by atoms with Crippen LogP contribution >= 0.6 is 12.6 Å². The molecule has 0 fully saturated rings. The minimum absolute atomic E-state index is 0.263. The Kier molecular flexibility index (Phi) is 6.34. The summed E-state index contributed by atoms with van der Waals surface area (Å²) in [4.78, 5) is 10.5. The normalized spacial score (nSPS) is 12.2. The van der Waals surface area contributed by atoms with Gasteiger partial charge in [0.1, 0.15) is 6.04 Å². The Morgan fingerprint density at radius 2 is 2.23 bits per heavy atom. The molecule has 76 valence electrons. The molecule has 6 heteroatoms. The quantitative estimate of drug-likeness (QED) is 0.176. The second kappa shape index (κ2) is 6.73. The lowest BCUT2D eigenvalue weighted by molar-refractivity contribution is -0.138. The van der Waals surface area contributed by atoms with Gasteiger partial charge in [-0.25, -0.2) is 0 Å². The smallest absolute Gasteiger partial charge is 0.321 e. The summed E-state index contributed by atoms with van der Waals surface area (Å²) in [5, 5.41) is 21.2. The molecule has 0 heterocycles. The third-order valence-electron chi connectivity index (χ3n) is 1.39. The summed E-state index contributed by atoms with van der Waals surface area (Å²) < 4.78 is 0. The van der Waals surface area contributed by atoms with E-state index in [1.807, 2.05) is 0 Å². The van der Waals surface area contributed by atoms with Gasteiger partial charge >= 0.3 is 5.97 Å². The van der Waals surface area contributed by atoms with Gasteiger partial charge in [0.2, 0.25) is 0 Å². The lowest BCUT2D eigenvalue weighted by atomic mass is 10.3. The van der Waals surface area contributed by atoms with Gasteiger partial charge in [0.25, 0.3) is 0 Å². The maximum atomic E-state index is 10.5. The van der Waals surface area contributed by atoms with E-state index in [1.165, 1.54) is 0 Å². The summed E-state index contributed by atoms with van der Waals surface area (Å²) in [5.41, 5.74) is 0. The van der Waals surface area contributed by atoms with Gasteiger partial charge < -0.3 is 15.7 Å². The predicted molar refractivity (Wildman–Crippen MR) is 54.7 cm³/mol. The standard InChI is InChI=1S/C7H15N3O2S/c1-5(8)9-2-3-10-6(4-13)7(11)12/h6,10,13H,2-4H2,1H3,(H2,8,9)(H,11,12)/t6-/m1/s1. The van der Waals surface area contributed by atoms with Crippen molar-refractivity contribution >= 4 is 24.4 Å². The third-order valence-corrected chi connectivity index (χ3v) is 1.75. The van der Waals surface area contributed by atoms with E-state index in [4.69, 9.17) is 10.5 Å². The molecule has 5 nitrogen and oxygen atoms in total. The van der Waals surface area contributed by atoms with E-state index in [1.54, 1.807) is 6.92 Å². The molecule has 0 aromatic rings. The van der Waals surface area contributed by atoms with Gasteiger partial charge in [-0.2, -0.15) is 12.6 Å². The van der Waals surface area contributed by atoms with Crippen LogP contribution in [0.5, 0.6) is 0 Å². The van der Waals surface area contributed by atoms with Crippen LogP contribution in [-0.4, -0.2) is 41.8 Å². The Bertz CT molecular complexity index is 187. The highest BCUT2D eigenvalue weighted by molar-refractivity contribution is 7.80. The fourth-order valence-corrected chi connectivity index (χ4v) is 1.01. The Morgan fingerprint density at radius 1 is 1.62 bits per heavy atom. The number of carboxylic acids is 1. The van der Waals surface area contributed by atoms with E-state index in [0.717, 1.165) is 0 Å². The summed E-state index contributed by atoms with van der Waals surface area (Å²) >= 11 is 3.89. The van der Waals surface area contributed by atoms with Gasteiger partial charge in [-0.1, -0.05) is 0 Å². The monoisotopic (exact) mass is 205 g/mol. The van der Waals surface area contributed by atoms with Crippen LogP contribution in [0, 0.1) is 5.41 Å². The largest absolute Gasteiger partial charge is 0.480 e. The third kappa shape index (κ3) is 6.41. The molecule has 1 atom stereocenters. The molecule has 0 aromatic heterocycles. The second-order valence-electron chi connectivity index (χ2n) is 2.58. The molecule has 0 aliphatic carbocycles. The van der Waals surface area contributed by atoms with Gasteiger partial charge in [-0.05, 0) is 6.92 Å². The molecular formula is C7H15N3O2S. The first-order valence-electron chi connectivity index (χ1n) is 3.94. The topological polar surface area (TPSA) is 85.2 Å². The lowest BCUT2D eigenvalue weighted by Gasteiger charge is -2.11. The highest BCUT2D eigenvalue weighted by atomic mass is 32.1. The summed E-state index contributed by atoms with van der Waals surface area (Å²) in [5.74, 6) is -0.264. The van der Waals surface area contributed by atoms with Gasteiger partial charge in [-0.3, -0.25) is 10.2 Å². The van der Waals surface area contributed by atoms with Crippen LogP contribution in [0.3, 0.4) is 0 Å². The first kappa shape index (κ1) is 12.2. The zero-order chi connectivity index (χ0) is 10.3. The van der Waals surface area contributed by atoms with Crippen molar-refractivity contribution in [3.63, 3.8) is 0 Å². The second-order valence-corrected chi connectivity index (χ2v) is 2.94. The Morgan fingerprint density at radius 3 is 2.62 bits per heavy atom. The fraction of sp³-hybridized carbons (Fsp3) is 0.714. The van der Waals surface area contributed by atoms with E-state index in [2.05, 4.69) is 23.3 Å². The highest BCUT2D eigenvalue weighted by Crippen LogP contribution is 1.86. The van der Waals surface area contributed by atoms with Crippen molar-refractivity contribution in [2.24, 2.45) is 0 Å². The van der Waals surface area contributed by atoms with Crippen molar-refractivity contribution in [3.05, 3.63) is 0 Å². The maximum Gasteiger partial charge on any atom is 0.321 e. The van der Waals surface area contributed by atoms with Crippen LogP contribution in [-0.2, 0) is 4.79 Å². The van der Waals surface area contributed by atoms with Crippen molar-refractivity contribution < 1.29 is 9.90 Å². The SMILES string of the molecule is CC(=N)NCCN[C@H](CS)C(=O)O. The van der Waals surface area contributed by atoms with Crippen molar-refractivity contribution in [2.45, 2.75) is 13.0 Å². The number of aliphatic carboxylic acids is 1. The van der Waals surface area contributed by atoms with Crippen LogP contribution < -0.4 is 10.6 Å². The first-order chi connectivity index (χ1) is 6.07. The van der Waals surface area contributed by atoms with Crippen molar-refractivity contribution in [1.82, 2.24) is 10.6 Å². The van der Waals surface area contributed by atoms with E-state index >= 15 is 0 Å². The Hall–Kier alpha value is -0.750. The van der Waals surface area contributed by atoms with Gasteiger partial charge in [-0.15, -0.1) is 0 Å². The number of amidine groups is 1. The number of carboxylic acid groups (broad SMARTS) is 1. The molecule has 0 saturated carbocycles. The number of hydrogen-bond donors (Lipinski definition) is 5. The number of nitrogens with one attached hydrogen (secondary N) is 3. The number of carbonyl (C=O) groups is 1. The van der Waals surface area contributed by atoms with Crippen molar-refractivity contribution in [3.8, 4) is 0 Å². The average molecular weight is 205 g/mol. The molecular weight excluding hydrogens is 190 g/mol. The van der Waals surface area contributed by atoms with E-state index in [0.29, 0.717) is 18.9 Å². The van der Waals surface area contributed by atoms with E-state index in [-0.39, 0.29) is 5.75 Å². The van der Waals surface area contributed by atoms with Crippen LogP contribution in [0.4, 0.5) is 0 Å². The zero-order valence-electron chi connectivity index (χ0n) is 7.50. The molecule has 0 saturated heterocycles. The summed E-state index contributed by atoms with van der Waals surface area (Å²) in [7, 11) is 0. The minimum Gasteiger partial charge on any atom is -0.480 e. The van der Waals surface area contributed by atoms with Crippen LogP contribution in [0.2, 0.25) is 0 Å². The number of rotatable bonds is 6. The van der Waals surface area contributed by atoms with Gasteiger partial charge in [0, 0.05) is 18.8 Å². The summed E-state index contributed by atoms with van der Waals surface area (Å²) in [6.07, 6.45) is 0. The molecule has 0 aliphatic rings. The Labute approximate surface area is 82.8 Å². The van der Waals surface area contributed by atoms with Crippen LogP contribution in [0.1, 0.15) is 6.92 Å². The van der Waals surface area contributed by atoms with Crippen LogP contribution in [0.25, 0.3) is 0 Å². The molecule has 0 rings (SSSR count). The highest BCUT2D eigenvalue weighted by Gasteiger charge is 2.13. The van der Waals surface area contributed by atoms with Crippen molar-refractivity contribution in [2.75, 3.05) is 18.8 Å². The fourth-order valence-electron chi connectivity index (χ4n) is 0.726. The number of thiol groups is 1. The lowest BCUT2D eigenvalue weighted by Crippen LogP contribution is -2.42. The molecule has 0 aliphatic heterocycles. The molecule has 4 N–H and O–H groups in total. The molecule has 0 radical (unpaired) electrons. The maximum absolute atomic E-state index is 10.5. The van der Waals surface area contributed by atoms with E-state index < -0.39 is 12.0 Å². The molecule has 13 heavy (non-hydrogen) atoms.